The summed E-state index contributed by atoms with van der Waals surface area (Å²) in [6.07, 6.45) is 2.91. The Kier molecular flexibility index (Phi) is 11.0. The number of nitrogens with zero attached hydrogens (tertiary/aromatic N) is 1. The average molecular weight is 246 g/mol. The Bertz CT molecular complexity index is 182. The maximum absolute atomic E-state index is 10.2. The van der Waals surface area contributed by atoms with Gasteiger partial charge in [0.2, 0.25) is 0 Å². The monoisotopic (exact) mass is 246 g/mol. The highest BCUT2D eigenvalue weighted by Gasteiger charge is 2.03. The zero-order chi connectivity index (χ0) is 12.9. The number of amides is 1. The van der Waals surface area contributed by atoms with E-state index < -0.39 is 6.09 Å². The fourth-order valence-corrected chi connectivity index (χ4v) is 1.62. The maximum atomic E-state index is 10.2. The Morgan fingerprint density at radius 3 is 2.00 bits per heavy atom. The SMILES string of the molecule is NCCCN(CCCN)CCCCNC(=O)O. The zero-order valence-corrected chi connectivity index (χ0v) is 10.5. The van der Waals surface area contributed by atoms with Crippen LogP contribution in [0, 0.1) is 0 Å². The molecule has 0 spiro atoms. The van der Waals surface area contributed by atoms with Crippen LogP contribution in [0.2, 0.25) is 0 Å². The fraction of sp³-hybridized carbons (Fsp3) is 0.909. The van der Waals surface area contributed by atoms with Crippen molar-refractivity contribution < 1.29 is 9.90 Å². The van der Waals surface area contributed by atoms with Gasteiger partial charge in [0.1, 0.15) is 0 Å². The first-order chi connectivity index (χ1) is 8.20. The van der Waals surface area contributed by atoms with Gasteiger partial charge in [0, 0.05) is 6.54 Å². The highest BCUT2D eigenvalue weighted by molar-refractivity contribution is 5.64. The molecule has 0 saturated carbocycles. The van der Waals surface area contributed by atoms with E-state index in [4.69, 9.17) is 16.6 Å². The number of nitrogens with one attached hydrogen (secondary N) is 1. The number of hydrogen-bond donors (Lipinski definition) is 4. The minimum absolute atomic E-state index is 0.525. The number of carboxylic acid groups (broad SMARTS) is 1. The van der Waals surface area contributed by atoms with Gasteiger partial charge in [-0.05, 0) is 58.4 Å². The van der Waals surface area contributed by atoms with Crippen LogP contribution in [-0.4, -0.2) is 55.4 Å². The van der Waals surface area contributed by atoms with Crippen molar-refractivity contribution in [3.8, 4) is 0 Å². The zero-order valence-electron chi connectivity index (χ0n) is 10.5. The molecule has 6 heteroatoms. The van der Waals surface area contributed by atoms with Crippen molar-refractivity contribution in [3.63, 3.8) is 0 Å². The molecule has 0 fully saturated rings. The largest absolute Gasteiger partial charge is 0.465 e. The second kappa shape index (κ2) is 11.6. The fourth-order valence-electron chi connectivity index (χ4n) is 1.62. The molecule has 1 amide bonds. The molecule has 0 unspecified atom stereocenters. The molecule has 17 heavy (non-hydrogen) atoms. The van der Waals surface area contributed by atoms with Gasteiger partial charge in [-0.3, -0.25) is 0 Å². The van der Waals surface area contributed by atoms with Crippen LogP contribution in [0.5, 0.6) is 0 Å². The van der Waals surface area contributed by atoms with Crippen LogP contribution in [0.15, 0.2) is 0 Å². The number of carbonyl (C=O) groups is 1. The van der Waals surface area contributed by atoms with E-state index in [1.54, 1.807) is 0 Å². The molecule has 0 aliphatic rings. The molecule has 0 aromatic rings. The van der Waals surface area contributed by atoms with Crippen molar-refractivity contribution in [2.24, 2.45) is 11.5 Å². The first kappa shape index (κ1) is 16.1. The molecule has 0 bridgehead atoms. The van der Waals surface area contributed by atoms with Crippen molar-refractivity contribution in [2.45, 2.75) is 25.7 Å². The molecule has 0 aliphatic heterocycles. The van der Waals surface area contributed by atoms with Crippen molar-refractivity contribution in [3.05, 3.63) is 0 Å². The third kappa shape index (κ3) is 11.4. The van der Waals surface area contributed by atoms with E-state index >= 15 is 0 Å². The molecule has 6 nitrogen and oxygen atoms in total. The van der Waals surface area contributed by atoms with Crippen molar-refractivity contribution in [2.75, 3.05) is 39.3 Å². The first-order valence-electron chi connectivity index (χ1n) is 6.30. The van der Waals surface area contributed by atoms with Crippen molar-refractivity contribution >= 4 is 6.09 Å². The first-order valence-corrected chi connectivity index (χ1v) is 6.30. The lowest BCUT2D eigenvalue weighted by atomic mass is 10.2. The predicted molar refractivity (Wildman–Crippen MR) is 69.0 cm³/mol. The molecular formula is C11H26N4O2. The van der Waals surface area contributed by atoms with E-state index in [2.05, 4.69) is 10.2 Å². The highest BCUT2D eigenvalue weighted by Crippen LogP contribution is 1.98. The number of hydrogen-bond acceptors (Lipinski definition) is 4. The van der Waals surface area contributed by atoms with Gasteiger partial charge in [0.05, 0.1) is 0 Å². The number of rotatable bonds is 11. The normalized spacial score (nSPS) is 10.8. The molecular weight excluding hydrogens is 220 g/mol. The van der Waals surface area contributed by atoms with E-state index in [9.17, 15) is 4.79 Å². The minimum atomic E-state index is -0.951. The summed E-state index contributed by atoms with van der Waals surface area (Å²) in [5.41, 5.74) is 11.0. The third-order valence-electron chi connectivity index (χ3n) is 2.53. The Hall–Kier alpha value is -0.850. The van der Waals surface area contributed by atoms with Gasteiger partial charge in [-0.2, -0.15) is 0 Å². The Morgan fingerprint density at radius 1 is 1.00 bits per heavy atom. The van der Waals surface area contributed by atoms with Crippen LogP contribution in [0.4, 0.5) is 4.79 Å². The number of nitrogens with two attached hydrogens (primary N) is 2. The molecule has 0 radical (unpaired) electrons. The van der Waals surface area contributed by atoms with Gasteiger partial charge in [-0.1, -0.05) is 0 Å². The van der Waals surface area contributed by atoms with Gasteiger partial charge in [-0.25, -0.2) is 4.79 Å². The van der Waals surface area contributed by atoms with Gasteiger partial charge in [0.15, 0.2) is 0 Å². The van der Waals surface area contributed by atoms with Crippen LogP contribution in [-0.2, 0) is 0 Å². The molecule has 0 saturated heterocycles. The predicted octanol–water partition coefficient (Wildman–Crippen LogP) is 0.0338. The molecule has 0 aromatic carbocycles. The smallest absolute Gasteiger partial charge is 0.404 e. The minimum Gasteiger partial charge on any atom is -0.465 e. The van der Waals surface area contributed by atoms with Crippen molar-refractivity contribution in [1.29, 1.82) is 0 Å². The van der Waals surface area contributed by atoms with Crippen LogP contribution in [0.3, 0.4) is 0 Å². The second-order valence-electron chi connectivity index (χ2n) is 4.07. The summed E-state index contributed by atoms with van der Waals surface area (Å²) in [6, 6.07) is 0. The van der Waals surface area contributed by atoms with E-state index in [-0.39, 0.29) is 0 Å². The quantitative estimate of drug-likeness (QED) is 0.385. The van der Waals surface area contributed by atoms with Gasteiger partial charge in [-0.15, -0.1) is 0 Å². The lowest BCUT2D eigenvalue weighted by molar-refractivity contribution is 0.194. The Morgan fingerprint density at radius 2 is 1.53 bits per heavy atom. The lowest BCUT2D eigenvalue weighted by Gasteiger charge is -2.21. The summed E-state index contributed by atoms with van der Waals surface area (Å²) in [5.74, 6) is 0. The standard InChI is InChI=1S/C11H26N4O2/c12-5-3-9-15(10-4-6-13)8-2-1-7-14-11(16)17/h14H,1-10,12-13H2,(H,16,17). The van der Waals surface area contributed by atoms with Crippen LogP contribution in [0.1, 0.15) is 25.7 Å². The Balaban J connectivity index is 3.55. The number of unbranched alkanes of at least 4 members (excludes halogenated alkanes) is 1. The van der Waals surface area contributed by atoms with Gasteiger partial charge >= 0.3 is 6.09 Å². The summed E-state index contributed by atoms with van der Waals surface area (Å²) in [7, 11) is 0. The average Bonchev–Trinajstić information content (AvgIpc) is 2.30. The van der Waals surface area contributed by atoms with E-state index in [1.807, 2.05) is 0 Å². The highest BCUT2D eigenvalue weighted by atomic mass is 16.4. The molecule has 6 N–H and O–H groups in total. The topological polar surface area (TPSA) is 105 Å². The molecule has 0 rings (SSSR count). The summed E-state index contributed by atoms with van der Waals surface area (Å²) >= 11 is 0. The summed E-state index contributed by atoms with van der Waals surface area (Å²) in [5, 5.41) is 10.8. The summed E-state index contributed by atoms with van der Waals surface area (Å²) < 4.78 is 0. The molecule has 0 aliphatic carbocycles. The van der Waals surface area contributed by atoms with Gasteiger partial charge in [0.25, 0.3) is 0 Å². The van der Waals surface area contributed by atoms with Crippen LogP contribution >= 0.6 is 0 Å². The van der Waals surface area contributed by atoms with E-state index in [0.717, 1.165) is 45.3 Å². The van der Waals surface area contributed by atoms with Gasteiger partial charge < -0.3 is 26.8 Å². The molecule has 0 atom stereocenters. The van der Waals surface area contributed by atoms with Crippen molar-refractivity contribution in [1.82, 2.24) is 10.2 Å². The summed E-state index contributed by atoms with van der Waals surface area (Å²) in [4.78, 5) is 12.6. The van der Waals surface area contributed by atoms with E-state index in [0.29, 0.717) is 19.6 Å². The lowest BCUT2D eigenvalue weighted by Crippen LogP contribution is -2.30. The third-order valence-corrected chi connectivity index (χ3v) is 2.53. The second-order valence-corrected chi connectivity index (χ2v) is 4.07. The maximum Gasteiger partial charge on any atom is 0.404 e. The van der Waals surface area contributed by atoms with Crippen LogP contribution < -0.4 is 16.8 Å². The molecule has 102 valence electrons. The molecule has 0 aromatic heterocycles. The van der Waals surface area contributed by atoms with Crippen LogP contribution in [0.25, 0.3) is 0 Å². The molecule has 0 heterocycles. The Labute approximate surface area is 103 Å². The van der Waals surface area contributed by atoms with E-state index in [1.165, 1.54) is 0 Å². The summed E-state index contributed by atoms with van der Waals surface area (Å²) in [6.45, 7) is 4.93.